The van der Waals surface area contributed by atoms with Crippen LogP contribution in [0.4, 0.5) is 23.7 Å². The lowest BCUT2D eigenvalue weighted by Crippen LogP contribution is -2.51. The molecule has 3 saturated heterocycles. The Bertz CT molecular complexity index is 1390. The Hall–Kier alpha value is -3.12. The average Bonchev–Trinajstić information content (AvgIpc) is 3.51. The number of nitrogens with zero attached hydrogens (tertiary/aromatic N) is 4. The van der Waals surface area contributed by atoms with E-state index < -0.39 is 17.7 Å². The fraction of sp³-hybridized carbons (Fsp3) is 0.618. The van der Waals surface area contributed by atoms with E-state index in [1.807, 2.05) is 20.6 Å². The van der Waals surface area contributed by atoms with Crippen molar-refractivity contribution in [2.24, 2.45) is 17.8 Å². The minimum atomic E-state index is -4.48. The summed E-state index contributed by atoms with van der Waals surface area (Å²) in [4.78, 5) is 48.2. The molecule has 4 amide bonds. The maximum absolute atomic E-state index is 14.0. The van der Waals surface area contributed by atoms with E-state index in [9.17, 15) is 27.6 Å². The number of rotatable bonds is 7. The van der Waals surface area contributed by atoms with E-state index in [1.165, 1.54) is 18.9 Å². The van der Waals surface area contributed by atoms with Gasteiger partial charge in [0.15, 0.2) is 0 Å². The smallest absolute Gasteiger partial charge is 0.343 e. The van der Waals surface area contributed by atoms with E-state index in [0.29, 0.717) is 63.0 Å². The molecule has 250 valence electrons. The number of fused-ring (bicyclic) bond motifs is 1. The Balaban J connectivity index is 1.09. The van der Waals surface area contributed by atoms with Gasteiger partial charge in [0.05, 0.1) is 23.7 Å². The largest absolute Gasteiger partial charge is 0.416 e. The second kappa shape index (κ2) is 13.9. The van der Waals surface area contributed by atoms with Crippen LogP contribution in [0.5, 0.6) is 0 Å². The summed E-state index contributed by atoms with van der Waals surface area (Å²) in [6.45, 7) is 4.93. The molecule has 8 nitrogen and oxygen atoms in total. The normalized spacial score (nSPS) is 21.7. The third-order valence-corrected chi connectivity index (χ3v) is 11.4. The van der Waals surface area contributed by atoms with Gasteiger partial charge in [0.25, 0.3) is 0 Å². The molecule has 1 atom stereocenters. The van der Waals surface area contributed by atoms with E-state index in [2.05, 4.69) is 17.3 Å². The molecule has 6 rings (SSSR count). The first-order valence-electron chi connectivity index (χ1n) is 16.6. The number of thiophene rings is 1. The lowest BCUT2D eigenvalue weighted by Gasteiger charge is -2.41. The highest BCUT2D eigenvalue weighted by Crippen LogP contribution is 2.35. The molecule has 1 N–H and O–H groups in total. The number of nitrogens with one attached hydrogen (secondary N) is 1. The summed E-state index contributed by atoms with van der Waals surface area (Å²) < 4.78 is 40.5. The average molecular weight is 660 g/mol. The van der Waals surface area contributed by atoms with Crippen molar-refractivity contribution < 1.29 is 27.6 Å². The van der Waals surface area contributed by atoms with Crippen molar-refractivity contribution in [2.75, 3.05) is 51.6 Å². The first-order chi connectivity index (χ1) is 22.0. The number of hydrogen-bond acceptors (Lipinski definition) is 5. The van der Waals surface area contributed by atoms with Crippen molar-refractivity contribution in [2.45, 2.75) is 70.1 Å². The molecule has 5 heterocycles. The number of benzene rings is 1. The summed E-state index contributed by atoms with van der Waals surface area (Å²) in [7, 11) is 2.15. The van der Waals surface area contributed by atoms with E-state index in [0.717, 1.165) is 49.3 Å². The number of urea groups is 1. The number of likely N-dealkylation sites (tertiary alicyclic amines) is 3. The number of carbonyl (C=O) groups is 3. The molecule has 0 radical (unpaired) electrons. The molecule has 46 heavy (non-hydrogen) atoms. The Labute approximate surface area is 272 Å². The van der Waals surface area contributed by atoms with Gasteiger partial charge >= 0.3 is 12.2 Å². The molecule has 0 saturated carbocycles. The molecule has 1 aromatic carbocycles. The van der Waals surface area contributed by atoms with Crippen molar-refractivity contribution in [3.8, 4) is 0 Å². The minimum Gasteiger partial charge on any atom is -0.343 e. The van der Waals surface area contributed by atoms with E-state index in [4.69, 9.17) is 0 Å². The van der Waals surface area contributed by atoms with Crippen LogP contribution in [0, 0.1) is 17.8 Å². The molecule has 4 aliphatic heterocycles. The van der Waals surface area contributed by atoms with Crippen molar-refractivity contribution in [1.29, 1.82) is 0 Å². The zero-order chi connectivity index (χ0) is 32.4. The van der Waals surface area contributed by atoms with Crippen molar-refractivity contribution in [1.82, 2.24) is 19.6 Å². The summed E-state index contributed by atoms with van der Waals surface area (Å²) in [6.07, 6.45) is 1.02. The highest BCUT2D eigenvalue weighted by atomic mass is 32.1. The monoisotopic (exact) mass is 659 g/mol. The SMILES string of the molecule is CN1CCC(C2CCN(C(=O)C(CC(=O)N3CCC(N4Cc5cscc5NC4=O)CC3)Cc3cccc(C(F)(F)F)c3)CC2)CC1. The summed E-state index contributed by atoms with van der Waals surface area (Å²) in [5.41, 5.74) is 1.61. The van der Waals surface area contributed by atoms with Crippen LogP contribution in [0.1, 0.15) is 61.6 Å². The molecule has 0 aliphatic carbocycles. The Morgan fingerprint density at radius 3 is 2.26 bits per heavy atom. The van der Waals surface area contributed by atoms with E-state index in [-0.39, 0.29) is 36.7 Å². The number of anilines is 1. The lowest BCUT2D eigenvalue weighted by atomic mass is 9.78. The molecule has 0 bridgehead atoms. The van der Waals surface area contributed by atoms with Gasteiger partial charge in [-0.2, -0.15) is 13.2 Å². The van der Waals surface area contributed by atoms with Crippen LogP contribution in [0.25, 0.3) is 0 Å². The maximum Gasteiger partial charge on any atom is 0.416 e. The van der Waals surface area contributed by atoms with Gasteiger partial charge in [0.1, 0.15) is 0 Å². The summed E-state index contributed by atoms with van der Waals surface area (Å²) in [5.74, 6) is 0.212. The molecule has 4 aliphatic rings. The molecule has 12 heteroatoms. The van der Waals surface area contributed by atoms with Gasteiger partial charge in [-0.1, -0.05) is 18.2 Å². The number of halogens is 3. The molecular weight excluding hydrogens is 615 g/mol. The van der Waals surface area contributed by atoms with Gasteiger partial charge in [-0.05, 0) is 93.9 Å². The van der Waals surface area contributed by atoms with E-state index in [1.54, 1.807) is 22.3 Å². The molecular formula is C34H44F3N5O3S. The fourth-order valence-electron chi connectivity index (χ4n) is 7.81. The highest BCUT2D eigenvalue weighted by Gasteiger charge is 2.37. The summed E-state index contributed by atoms with van der Waals surface area (Å²) in [6, 6.07) is 5.00. The van der Waals surface area contributed by atoms with Gasteiger partial charge in [0, 0.05) is 49.6 Å². The lowest BCUT2D eigenvalue weighted by molar-refractivity contribution is -0.143. The summed E-state index contributed by atoms with van der Waals surface area (Å²) >= 11 is 1.55. The Morgan fingerprint density at radius 2 is 1.59 bits per heavy atom. The first kappa shape index (κ1) is 32.8. The molecule has 0 spiro atoms. The zero-order valence-electron chi connectivity index (χ0n) is 26.4. The van der Waals surface area contributed by atoms with Crippen LogP contribution in [0.3, 0.4) is 0 Å². The van der Waals surface area contributed by atoms with Crippen LogP contribution >= 0.6 is 11.3 Å². The summed E-state index contributed by atoms with van der Waals surface area (Å²) in [5, 5.41) is 6.92. The predicted molar refractivity (Wildman–Crippen MR) is 171 cm³/mol. The zero-order valence-corrected chi connectivity index (χ0v) is 27.3. The number of alkyl halides is 3. The molecule has 2 aromatic rings. The second-order valence-electron chi connectivity index (χ2n) is 13.6. The third kappa shape index (κ3) is 7.54. The maximum atomic E-state index is 14.0. The number of amides is 4. The third-order valence-electron chi connectivity index (χ3n) is 10.6. The number of piperidine rings is 3. The van der Waals surface area contributed by atoms with Gasteiger partial charge in [-0.25, -0.2) is 4.79 Å². The van der Waals surface area contributed by atoms with Crippen molar-refractivity contribution in [3.63, 3.8) is 0 Å². The minimum absolute atomic E-state index is 0.00509. The number of carbonyl (C=O) groups excluding carboxylic acids is 3. The van der Waals surface area contributed by atoms with Crippen molar-refractivity contribution >= 4 is 34.9 Å². The highest BCUT2D eigenvalue weighted by molar-refractivity contribution is 7.08. The molecule has 3 fully saturated rings. The van der Waals surface area contributed by atoms with E-state index >= 15 is 0 Å². The Kier molecular flexibility index (Phi) is 9.94. The first-order valence-corrected chi connectivity index (χ1v) is 17.5. The van der Waals surface area contributed by atoms with Crippen LogP contribution in [-0.2, 0) is 28.7 Å². The van der Waals surface area contributed by atoms with Crippen LogP contribution in [0.15, 0.2) is 35.0 Å². The topological polar surface area (TPSA) is 76.2 Å². The standard InChI is InChI=1S/C34H44F3N5O3S/c1-39-11-5-24(6-12-39)25-7-13-41(14-8-25)32(44)26(17-23-3-2-4-28(18-23)34(35,36)37)19-31(43)40-15-9-29(10-16-40)42-20-27-21-46-22-30(27)38-33(42)45/h2-4,18,21-22,24-26,29H,5-17,19-20H2,1H3,(H,38,45). The van der Waals surface area contributed by atoms with Crippen molar-refractivity contribution in [3.05, 3.63) is 51.7 Å². The van der Waals surface area contributed by atoms with Gasteiger partial charge < -0.3 is 24.9 Å². The van der Waals surface area contributed by atoms with Crippen LogP contribution in [0.2, 0.25) is 0 Å². The molecule has 1 aromatic heterocycles. The van der Waals surface area contributed by atoms with Gasteiger partial charge in [0.2, 0.25) is 11.8 Å². The fourth-order valence-corrected chi connectivity index (χ4v) is 8.60. The quantitative estimate of drug-likeness (QED) is 0.400. The predicted octanol–water partition coefficient (Wildman–Crippen LogP) is 5.93. The van der Waals surface area contributed by atoms with Crippen LogP contribution < -0.4 is 5.32 Å². The van der Waals surface area contributed by atoms with Gasteiger partial charge in [-0.15, -0.1) is 11.3 Å². The Morgan fingerprint density at radius 1 is 0.935 bits per heavy atom. The molecule has 1 unspecified atom stereocenters. The van der Waals surface area contributed by atoms with Gasteiger partial charge in [-0.3, -0.25) is 9.59 Å². The second-order valence-corrected chi connectivity index (χ2v) is 14.3. The number of hydrogen-bond donors (Lipinski definition) is 1. The van der Waals surface area contributed by atoms with Crippen LogP contribution in [-0.4, -0.2) is 89.8 Å².